The maximum Gasteiger partial charge on any atom is 0.346 e. The number of hydrogen-bond donors (Lipinski definition) is 4. The Morgan fingerprint density at radius 3 is 2.62 bits per heavy atom. The van der Waals surface area contributed by atoms with E-state index < -0.39 is 36.8 Å². The lowest BCUT2D eigenvalue weighted by Gasteiger charge is -2.38. The third kappa shape index (κ3) is 4.04. The molecule has 0 bridgehead atoms. The first-order chi connectivity index (χ1) is 16.3. The summed E-state index contributed by atoms with van der Waals surface area (Å²) in [6, 6.07) is 3.49. The second-order valence-corrected chi connectivity index (χ2v) is 7.90. The van der Waals surface area contributed by atoms with Crippen LogP contribution in [0.2, 0.25) is 0 Å². The monoisotopic (exact) mass is 495 g/mol. The molecule has 4 rings (SSSR count). The number of thiophene rings is 1. The van der Waals surface area contributed by atoms with Gasteiger partial charge in [-0.25, -0.2) is 18.6 Å². The van der Waals surface area contributed by atoms with E-state index in [2.05, 4.69) is 10.3 Å². The van der Waals surface area contributed by atoms with Crippen molar-refractivity contribution in [3.63, 3.8) is 0 Å². The van der Waals surface area contributed by atoms with Gasteiger partial charge in [0.05, 0.1) is 31.7 Å². The summed E-state index contributed by atoms with van der Waals surface area (Å²) in [6.45, 7) is -0.437. The summed E-state index contributed by atoms with van der Waals surface area (Å²) in [7, 11) is 2.65. The molecule has 0 saturated carbocycles. The fourth-order valence-corrected chi connectivity index (χ4v) is 4.38. The van der Waals surface area contributed by atoms with E-state index in [0.717, 1.165) is 22.3 Å². The number of fused-ring (bicyclic) bond motifs is 1. The molecule has 180 valence electrons. The Balaban J connectivity index is 1.68. The predicted octanol–water partition coefficient (Wildman–Crippen LogP) is 2.91. The van der Waals surface area contributed by atoms with Crippen molar-refractivity contribution in [1.29, 1.82) is 0 Å². The van der Waals surface area contributed by atoms with E-state index in [0.29, 0.717) is 0 Å². The van der Waals surface area contributed by atoms with E-state index in [-0.39, 0.29) is 44.8 Å². The number of methoxy groups -OCH3 is 2. The summed E-state index contributed by atoms with van der Waals surface area (Å²) >= 11 is 0.894. The highest BCUT2D eigenvalue weighted by Gasteiger charge is 2.37. The number of benzene rings is 1. The first-order valence-electron chi connectivity index (χ1n) is 9.70. The molecule has 0 fully saturated rings. The number of anilines is 2. The van der Waals surface area contributed by atoms with Gasteiger partial charge in [0.2, 0.25) is 6.35 Å². The smallest absolute Gasteiger partial charge is 0.346 e. The van der Waals surface area contributed by atoms with E-state index >= 15 is 0 Å². The minimum absolute atomic E-state index is 0.0110. The third-order valence-electron chi connectivity index (χ3n) is 5.14. The van der Waals surface area contributed by atoms with Gasteiger partial charge in [0.25, 0.3) is 0 Å². The Morgan fingerprint density at radius 1 is 1.21 bits per heavy atom. The largest absolute Gasteiger partial charge is 0.496 e. The minimum atomic E-state index is -1.56. The van der Waals surface area contributed by atoms with Gasteiger partial charge in [-0.05, 0) is 12.1 Å². The first kappa shape index (κ1) is 23.5. The maximum absolute atomic E-state index is 14.3. The summed E-state index contributed by atoms with van der Waals surface area (Å²) in [5.74, 6) is -3.21. The molecule has 2 aromatic heterocycles. The maximum atomic E-state index is 14.3. The van der Waals surface area contributed by atoms with E-state index in [1.807, 2.05) is 0 Å². The average Bonchev–Trinajstić information content (AvgIpc) is 3.24. The van der Waals surface area contributed by atoms with Gasteiger partial charge in [0.1, 0.15) is 23.1 Å². The van der Waals surface area contributed by atoms with Crippen molar-refractivity contribution in [1.82, 2.24) is 4.98 Å². The third-order valence-corrected chi connectivity index (χ3v) is 6.12. The molecular formula is C21H19F2N3O7S. The molecule has 34 heavy (non-hydrogen) atoms. The standard InChI is InChI=1S/C21H19F2N3O7S/c1-31-12-4-3-10(22)17(23)9(12)7-33-13-5-15(24-6-14(13)32-2)26-19(27)16-11(25-21(26)30)8-34-18(16)20(28)29/h3-6,8,19,21,25,27,30H,7H2,1-2H3,(H,28,29). The highest BCUT2D eigenvalue weighted by atomic mass is 32.1. The molecule has 4 N–H and O–H groups in total. The van der Waals surface area contributed by atoms with Crippen molar-refractivity contribution in [2.75, 3.05) is 24.4 Å². The van der Waals surface area contributed by atoms with Crippen LogP contribution in [0.5, 0.6) is 17.2 Å². The van der Waals surface area contributed by atoms with Crippen molar-refractivity contribution < 1.29 is 43.1 Å². The van der Waals surface area contributed by atoms with Gasteiger partial charge in [0.15, 0.2) is 29.4 Å². The molecule has 10 nitrogen and oxygen atoms in total. The number of ether oxygens (including phenoxy) is 3. The van der Waals surface area contributed by atoms with E-state index in [1.54, 1.807) is 0 Å². The minimum Gasteiger partial charge on any atom is -0.496 e. The van der Waals surface area contributed by atoms with Gasteiger partial charge in [-0.15, -0.1) is 11.3 Å². The number of carboxylic acids is 1. The molecule has 3 aromatic rings. The lowest BCUT2D eigenvalue weighted by Crippen LogP contribution is -2.47. The molecule has 0 saturated heterocycles. The summed E-state index contributed by atoms with van der Waals surface area (Å²) in [4.78, 5) is 16.6. The number of pyridine rings is 1. The first-order valence-corrected chi connectivity index (χ1v) is 10.6. The Morgan fingerprint density at radius 2 is 1.94 bits per heavy atom. The second-order valence-electron chi connectivity index (χ2n) is 7.02. The topological polar surface area (TPSA) is 134 Å². The zero-order chi connectivity index (χ0) is 24.6. The van der Waals surface area contributed by atoms with Crippen LogP contribution in [-0.2, 0) is 6.61 Å². The van der Waals surface area contributed by atoms with E-state index in [4.69, 9.17) is 14.2 Å². The quantitative estimate of drug-likeness (QED) is 0.388. The fraction of sp³-hybridized carbons (Fsp3) is 0.238. The van der Waals surface area contributed by atoms with Crippen LogP contribution >= 0.6 is 11.3 Å². The summed E-state index contributed by atoms with van der Waals surface area (Å²) in [6.07, 6.45) is -1.78. The molecule has 0 radical (unpaired) electrons. The van der Waals surface area contributed by atoms with Crippen LogP contribution in [0.25, 0.3) is 0 Å². The van der Waals surface area contributed by atoms with Crippen LogP contribution in [0.15, 0.2) is 29.8 Å². The average molecular weight is 495 g/mol. The molecule has 1 aliphatic heterocycles. The zero-order valence-corrected chi connectivity index (χ0v) is 18.6. The Hall–Kier alpha value is -3.68. The molecule has 2 atom stereocenters. The number of aromatic nitrogens is 1. The van der Waals surface area contributed by atoms with E-state index in [1.165, 1.54) is 37.9 Å². The van der Waals surface area contributed by atoms with Crippen LogP contribution in [0, 0.1) is 11.6 Å². The van der Waals surface area contributed by atoms with Crippen molar-refractivity contribution in [2.45, 2.75) is 19.2 Å². The van der Waals surface area contributed by atoms with Crippen molar-refractivity contribution in [2.24, 2.45) is 0 Å². The van der Waals surface area contributed by atoms with E-state index in [9.17, 15) is 28.9 Å². The highest BCUT2D eigenvalue weighted by molar-refractivity contribution is 7.12. The number of carbonyl (C=O) groups is 1. The number of aromatic carboxylic acids is 1. The summed E-state index contributed by atoms with van der Waals surface area (Å²) in [5.41, 5.74) is 0.170. The molecule has 0 spiro atoms. The number of nitrogens with one attached hydrogen (secondary N) is 1. The van der Waals surface area contributed by atoms with Crippen LogP contribution in [0.4, 0.5) is 20.3 Å². The van der Waals surface area contributed by atoms with Crippen LogP contribution in [0.1, 0.15) is 27.0 Å². The van der Waals surface area contributed by atoms with Gasteiger partial charge >= 0.3 is 5.97 Å². The zero-order valence-electron chi connectivity index (χ0n) is 17.8. The number of aliphatic hydroxyl groups excluding tert-OH is 2. The van der Waals surface area contributed by atoms with Gasteiger partial charge < -0.3 is 34.8 Å². The van der Waals surface area contributed by atoms with Gasteiger partial charge in [-0.2, -0.15) is 0 Å². The fourth-order valence-electron chi connectivity index (χ4n) is 3.50. The number of carboxylic acid groups (broad SMARTS) is 1. The molecule has 3 heterocycles. The molecule has 0 amide bonds. The number of nitrogens with zero attached hydrogens (tertiary/aromatic N) is 2. The molecule has 0 aliphatic carbocycles. The van der Waals surface area contributed by atoms with Crippen molar-refractivity contribution in [3.05, 3.63) is 57.4 Å². The molecule has 13 heteroatoms. The molecule has 1 aliphatic rings. The lowest BCUT2D eigenvalue weighted by atomic mass is 10.1. The lowest BCUT2D eigenvalue weighted by molar-refractivity contribution is 0.0675. The Kier molecular flexibility index (Phi) is 6.41. The van der Waals surface area contributed by atoms with Gasteiger partial charge in [-0.3, -0.25) is 4.90 Å². The SMILES string of the molecule is COc1cnc(N2C(O)Nc3csc(C(=O)O)c3C2O)cc1OCc1c(OC)ccc(F)c1F. The number of aliphatic hydroxyl groups is 2. The number of hydrogen-bond acceptors (Lipinski definition) is 10. The van der Waals surface area contributed by atoms with Crippen LogP contribution in [0.3, 0.4) is 0 Å². The van der Waals surface area contributed by atoms with Crippen molar-refractivity contribution in [3.8, 4) is 17.2 Å². The number of rotatable bonds is 7. The van der Waals surface area contributed by atoms with Gasteiger partial charge in [-0.1, -0.05) is 0 Å². The molecular weight excluding hydrogens is 476 g/mol. The van der Waals surface area contributed by atoms with Gasteiger partial charge in [0, 0.05) is 17.0 Å². The number of halogens is 2. The Bertz CT molecular complexity index is 1240. The van der Waals surface area contributed by atoms with Crippen LogP contribution in [-0.4, -0.2) is 46.8 Å². The second kappa shape index (κ2) is 9.29. The molecule has 2 unspecified atom stereocenters. The predicted molar refractivity (Wildman–Crippen MR) is 116 cm³/mol. The molecule has 1 aromatic carbocycles. The summed E-state index contributed by atoms with van der Waals surface area (Å²) in [5, 5.41) is 35.0. The van der Waals surface area contributed by atoms with Crippen molar-refractivity contribution >= 4 is 28.8 Å². The normalized spacial score (nSPS) is 17.1. The highest BCUT2D eigenvalue weighted by Crippen LogP contribution is 2.42. The Labute approximate surface area is 195 Å². The summed E-state index contributed by atoms with van der Waals surface area (Å²) < 4.78 is 44.0. The van der Waals surface area contributed by atoms with Crippen LogP contribution < -0.4 is 24.4 Å².